The number of rotatable bonds is 5. The Labute approximate surface area is 192 Å². The Morgan fingerprint density at radius 2 is 2.03 bits per heavy atom. The molecule has 8 heteroatoms. The maximum absolute atomic E-state index is 13.1. The fourth-order valence-corrected chi connectivity index (χ4v) is 5.34. The second kappa shape index (κ2) is 8.96. The maximum Gasteiger partial charge on any atom is 0.273 e. The fraction of sp³-hybridized carbons (Fsp3) is 0.417. The number of hydrogen-bond donors (Lipinski definition) is 1. The Kier molecular flexibility index (Phi) is 5.89. The van der Waals surface area contributed by atoms with E-state index in [1.807, 2.05) is 35.5 Å². The Morgan fingerprint density at radius 3 is 2.84 bits per heavy atom. The van der Waals surface area contributed by atoms with Gasteiger partial charge in [0.05, 0.1) is 10.7 Å². The second-order valence-corrected chi connectivity index (χ2v) is 9.56. The van der Waals surface area contributed by atoms with Crippen LogP contribution in [0.3, 0.4) is 0 Å². The maximum atomic E-state index is 13.1. The first-order chi connectivity index (χ1) is 15.6. The van der Waals surface area contributed by atoms with E-state index in [4.69, 9.17) is 9.97 Å². The first-order valence-electron chi connectivity index (χ1n) is 11.1. The number of likely N-dealkylation sites (N-methyl/N-ethyl adjacent to an activating group) is 1. The highest BCUT2D eigenvalue weighted by molar-refractivity contribution is 7.09. The highest BCUT2D eigenvalue weighted by Crippen LogP contribution is 2.30. The number of thiazole rings is 1. The Balaban J connectivity index is 1.28. The van der Waals surface area contributed by atoms with E-state index < -0.39 is 0 Å². The summed E-state index contributed by atoms with van der Waals surface area (Å²) < 4.78 is 0. The Hall–Kier alpha value is -2.84. The number of carbonyl (C=O) groups is 1. The minimum atomic E-state index is 0.0106. The summed E-state index contributed by atoms with van der Waals surface area (Å²) in [4.78, 5) is 31.7. The van der Waals surface area contributed by atoms with Gasteiger partial charge in [-0.2, -0.15) is 0 Å². The topological polar surface area (TPSA) is 74.2 Å². The summed E-state index contributed by atoms with van der Waals surface area (Å²) >= 11 is 1.55. The predicted molar refractivity (Wildman–Crippen MR) is 126 cm³/mol. The van der Waals surface area contributed by atoms with E-state index in [9.17, 15) is 4.79 Å². The minimum Gasteiger partial charge on any atom is -0.373 e. The van der Waals surface area contributed by atoms with Crippen LogP contribution >= 0.6 is 11.3 Å². The molecule has 1 aromatic carbocycles. The van der Waals surface area contributed by atoms with E-state index in [0.29, 0.717) is 18.8 Å². The molecule has 4 heterocycles. The third kappa shape index (κ3) is 4.25. The summed E-state index contributed by atoms with van der Waals surface area (Å²) in [5.74, 6) is 1.96. The van der Waals surface area contributed by atoms with E-state index >= 15 is 0 Å². The van der Waals surface area contributed by atoms with Crippen molar-refractivity contribution in [3.8, 4) is 0 Å². The van der Waals surface area contributed by atoms with Gasteiger partial charge in [-0.1, -0.05) is 30.3 Å². The number of amides is 1. The van der Waals surface area contributed by atoms with Crippen molar-refractivity contribution in [3.05, 3.63) is 69.1 Å². The van der Waals surface area contributed by atoms with Gasteiger partial charge in [-0.15, -0.1) is 11.3 Å². The molecule has 2 aromatic heterocycles. The fourth-order valence-electron chi connectivity index (χ4n) is 4.54. The van der Waals surface area contributed by atoms with Crippen molar-refractivity contribution in [2.24, 2.45) is 0 Å². The zero-order valence-corrected chi connectivity index (χ0v) is 19.4. The molecule has 7 nitrogen and oxygen atoms in total. The molecule has 1 N–H and O–H groups in total. The van der Waals surface area contributed by atoms with Crippen LogP contribution in [0.15, 0.2) is 35.7 Å². The summed E-state index contributed by atoms with van der Waals surface area (Å²) in [6.07, 6.45) is 2.58. The summed E-state index contributed by atoms with van der Waals surface area (Å²) in [6, 6.07) is 10.2. The van der Waals surface area contributed by atoms with E-state index in [-0.39, 0.29) is 11.8 Å². The average molecular weight is 449 g/mol. The number of fused-ring (bicyclic) bond motifs is 1. The van der Waals surface area contributed by atoms with Gasteiger partial charge in [0.15, 0.2) is 0 Å². The van der Waals surface area contributed by atoms with Crippen LogP contribution < -0.4 is 5.32 Å². The molecule has 0 saturated carbocycles. The monoisotopic (exact) mass is 448 g/mol. The number of benzene rings is 1. The lowest BCUT2D eigenvalue weighted by Gasteiger charge is -2.26. The van der Waals surface area contributed by atoms with Crippen LogP contribution in [0.2, 0.25) is 0 Å². The molecule has 3 aromatic rings. The van der Waals surface area contributed by atoms with Gasteiger partial charge in [0.1, 0.15) is 17.3 Å². The molecule has 0 bridgehead atoms. The van der Waals surface area contributed by atoms with Gasteiger partial charge in [-0.25, -0.2) is 15.0 Å². The van der Waals surface area contributed by atoms with Crippen LogP contribution in [-0.2, 0) is 19.4 Å². The van der Waals surface area contributed by atoms with Gasteiger partial charge in [-0.05, 0) is 19.0 Å². The molecule has 0 aliphatic carbocycles. The Morgan fingerprint density at radius 1 is 1.19 bits per heavy atom. The van der Waals surface area contributed by atoms with Gasteiger partial charge in [-0.3, -0.25) is 4.79 Å². The van der Waals surface area contributed by atoms with Crippen molar-refractivity contribution in [2.45, 2.75) is 31.7 Å². The van der Waals surface area contributed by atoms with E-state index in [0.717, 1.165) is 54.7 Å². The molecule has 166 valence electrons. The highest BCUT2D eigenvalue weighted by atomic mass is 32.1. The van der Waals surface area contributed by atoms with Crippen LogP contribution in [-0.4, -0.2) is 64.4 Å². The standard InChI is InChI=1S/C24H28N6OS/c1-25-23-18-14-29(2)10-9-19(18)27-22(28-23)17-8-11-30(13-17)24(31)20-15-32-21(26-20)12-16-6-4-3-5-7-16/h3-7,15,17H,8-14H2,1-2H3,(H,25,27,28). The third-order valence-corrected chi connectivity index (χ3v) is 7.16. The SMILES string of the molecule is CNc1nc(C2CCN(C(=O)c3csc(Cc4ccccc4)n3)C2)nc2c1CN(C)CC2. The predicted octanol–water partition coefficient (Wildman–Crippen LogP) is 3.18. The lowest BCUT2D eigenvalue weighted by molar-refractivity contribution is 0.0785. The summed E-state index contributed by atoms with van der Waals surface area (Å²) in [7, 11) is 4.04. The van der Waals surface area contributed by atoms with Crippen molar-refractivity contribution >= 4 is 23.1 Å². The van der Waals surface area contributed by atoms with Gasteiger partial charge in [0, 0.05) is 62.9 Å². The zero-order chi connectivity index (χ0) is 22.1. The Bertz CT molecular complexity index is 1100. The average Bonchev–Trinajstić information content (AvgIpc) is 3.49. The quantitative estimate of drug-likeness (QED) is 0.646. The smallest absolute Gasteiger partial charge is 0.273 e. The third-order valence-electron chi connectivity index (χ3n) is 6.31. The van der Waals surface area contributed by atoms with Crippen molar-refractivity contribution in [1.29, 1.82) is 0 Å². The van der Waals surface area contributed by atoms with E-state index in [2.05, 4.69) is 34.4 Å². The summed E-state index contributed by atoms with van der Waals surface area (Å²) in [6.45, 7) is 3.24. The number of likely N-dealkylation sites (tertiary alicyclic amines) is 1. The molecular formula is C24H28N6OS. The number of nitrogens with zero attached hydrogens (tertiary/aromatic N) is 5. The molecule has 2 aliphatic rings. The van der Waals surface area contributed by atoms with E-state index in [1.165, 1.54) is 11.1 Å². The van der Waals surface area contributed by atoms with Gasteiger partial charge >= 0.3 is 0 Å². The molecule has 0 spiro atoms. The van der Waals surface area contributed by atoms with Gasteiger partial charge in [0.25, 0.3) is 5.91 Å². The minimum absolute atomic E-state index is 0.0106. The van der Waals surface area contributed by atoms with Crippen LogP contribution in [0.25, 0.3) is 0 Å². The van der Waals surface area contributed by atoms with Crippen LogP contribution in [0.5, 0.6) is 0 Å². The molecular weight excluding hydrogens is 420 g/mol. The molecule has 5 rings (SSSR count). The van der Waals surface area contributed by atoms with Crippen LogP contribution in [0.1, 0.15) is 50.5 Å². The molecule has 2 aliphatic heterocycles. The molecule has 1 unspecified atom stereocenters. The first kappa shape index (κ1) is 21.0. The molecule has 32 heavy (non-hydrogen) atoms. The molecule has 1 amide bonds. The molecule has 1 saturated heterocycles. The largest absolute Gasteiger partial charge is 0.373 e. The lowest BCUT2D eigenvalue weighted by Crippen LogP contribution is -2.30. The zero-order valence-electron chi connectivity index (χ0n) is 18.5. The summed E-state index contributed by atoms with van der Waals surface area (Å²) in [5, 5.41) is 6.11. The van der Waals surface area contributed by atoms with Crippen LogP contribution in [0.4, 0.5) is 5.82 Å². The van der Waals surface area contributed by atoms with Crippen molar-refractivity contribution in [3.63, 3.8) is 0 Å². The number of aromatic nitrogens is 3. The lowest BCUT2D eigenvalue weighted by atomic mass is 10.0. The molecule has 1 atom stereocenters. The van der Waals surface area contributed by atoms with Gasteiger partial charge in [0.2, 0.25) is 0 Å². The first-order valence-corrected chi connectivity index (χ1v) is 12.0. The van der Waals surface area contributed by atoms with Crippen molar-refractivity contribution in [2.75, 3.05) is 39.0 Å². The molecule has 0 radical (unpaired) electrons. The van der Waals surface area contributed by atoms with E-state index in [1.54, 1.807) is 11.3 Å². The summed E-state index contributed by atoms with van der Waals surface area (Å²) in [5.41, 5.74) is 4.10. The van der Waals surface area contributed by atoms with Crippen molar-refractivity contribution in [1.82, 2.24) is 24.8 Å². The van der Waals surface area contributed by atoms with Gasteiger partial charge < -0.3 is 15.1 Å². The second-order valence-electron chi connectivity index (χ2n) is 8.62. The number of anilines is 1. The highest BCUT2D eigenvalue weighted by Gasteiger charge is 2.32. The number of nitrogens with one attached hydrogen (secondary N) is 1. The number of hydrogen-bond acceptors (Lipinski definition) is 7. The van der Waals surface area contributed by atoms with Crippen LogP contribution in [0, 0.1) is 0 Å². The normalized spacial score (nSPS) is 18.6. The van der Waals surface area contributed by atoms with Crippen molar-refractivity contribution < 1.29 is 4.79 Å². The number of carbonyl (C=O) groups excluding carboxylic acids is 1. The molecule has 1 fully saturated rings.